The Morgan fingerprint density at radius 2 is 1.45 bits per heavy atom. The van der Waals surface area contributed by atoms with Crippen molar-refractivity contribution in [2.24, 2.45) is 0 Å². The second kappa shape index (κ2) is 9.64. The fraction of sp³-hybridized carbons (Fsp3) is 0.500. The SMILES string of the molecule is O=C(O)[C@H](CCS)N(CC=CP(=O)(O)O)CC=CP(=O)(O)O. The number of carboxylic acid groups (broad SMARTS) is 1. The standard InChI is InChI=1S/C10H19NO8P2S/c12-10(13)9(3-8-22)11(4-1-6-20(14,15)16)5-2-7-21(17,18)19/h1-2,6-7,9,22H,3-5,8H2,(H,12,13)(H2,14,15,16)(H2,17,18,19)/t9-/m0/s1. The monoisotopic (exact) mass is 375 g/mol. The number of hydrogen-bond donors (Lipinski definition) is 6. The summed E-state index contributed by atoms with van der Waals surface area (Å²) >= 11 is 3.95. The molecule has 9 nitrogen and oxygen atoms in total. The summed E-state index contributed by atoms with van der Waals surface area (Å²) in [6.07, 6.45) is 2.38. The molecular weight excluding hydrogens is 356 g/mol. The van der Waals surface area contributed by atoms with Crippen LogP contribution < -0.4 is 0 Å². The Hall–Kier alpha value is -0.440. The van der Waals surface area contributed by atoms with Crippen LogP contribution in [-0.2, 0) is 13.9 Å². The summed E-state index contributed by atoms with van der Waals surface area (Å²) in [7, 11) is -8.71. The first kappa shape index (κ1) is 21.6. The smallest absolute Gasteiger partial charge is 0.348 e. The molecule has 0 spiro atoms. The van der Waals surface area contributed by atoms with Gasteiger partial charge in [-0.25, -0.2) is 0 Å². The van der Waals surface area contributed by atoms with Gasteiger partial charge in [-0.3, -0.25) is 18.8 Å². The van der Waals surface area contributed by atoms with Crippen molar-refractivity contribution < 1.29 is 38.6 Å². The van der Waals surface area contributed by atoms with Gasteiger partial charge in [-0.1, -0.05) is 12.2 Å². The van der Waals surface area contributed by atoms with E-state index in [1.54, 1.807) is 0 Å². The van der Waals surface area contributed by atoms with E-state index in [0.29, 0.717) is 11.6 Å². The minimum absolute atomic E-state index is 0.110. The zero-order chi connectivity index (χ0) is 17.4. The van der Waals surface area contributed by atoms with Gasteiger partial charge in [0.2, 0.25) is 0 Å². The van der Waals surface area contributed by atoms with Gasteiger partial charge in [-0.2, -0.15) is 12.6 Å². The van der Waals surface area contributed by atoms with Crippen molar-refractivity contribution in [1.82, 2.24) is 4.90 Å². The normalized spacial score (nSPS) is 15.0. The maximum atomic E-state index is 11.2. The van der Waals surface area contributed by atoms with Crippen LogP contribution in [0.3, 0.4) is 0 Å². The lowest BCUT2D eigenvalue weighted by Gasteiger charge is -2.26. The van der Waals surface area contributed by atoms with Crippen molar-refractivity contribution in [3.8, 4) is 0 Å². The fourth-order valence-corrected chi connectivity index (χ4v) is 2.54. The number of nitrogens with zero attached hydrogens (tertiary/aromatic N) is 1. The summed E-state index contributed by atoms with van der Waals surface area (Å²) in [4.78, 5) is 47.4. The van der Waals surface area contributed by atoms with E-state index < -0.39 is 27.2 Å². The van der Waals surface area contributed by atoms with Gasteiger partial charge in [0.1, 0.15) is 6.04 Å². The average molecular weight is 375 g/mol. The van der Waals surface area contributed by atoms with Crippen molar-refractivity contribution in [1.29, 1.82) is 0 Å². The molecule has 1 atom stereocenters. The van der Waals surface area contributed by atoms with E-state index in [4.69, 9.17) is 24.7 Å². The van der Waals surface area contributed by atoms with Crippen LogP contribution in [0, 0.1) is 0 Å². The Kier molecular flexibility index (Phi) is 9.45. The molecule has 0 fully saturated rings. The van der Waals surface area contributed by atoms with Crippen LogP contribution >= 0.6 is 27.8 Å². The molecule has 12 heteroatoms. The summed E-state index contributed by atoms with van der Waals surface area (Å²) < 4.78 is 21.5. The summed E-state index contributed by atoms with van der Waals surface area (Å²) in [5.74, 6) is 0.388. The van der Waals surface area contributed by atoms with Crippen LogP contribution in [0.15, 0.2) is 23.8 Å². The third-order valence-corrected chi connectivity index (χ3v) is 3.86. The highest BCUT2D eigenvalue weighted by molar-refractivity contribution is 7.80. The van der Waals surface area contributed by atoms with Gasteiger partial charge in [0.25, 0.3) is 0 Å². The summed E-state index contributed by atoms with van der Waals surface area (Å²) in [5, 5.41) is 9.16. The molecular formula is C10H19NO8P2S. The maximum Gasteiger partial charge on any atom is 0.348 e. The molecule has 0 aliphatic carbocycles. The minimum Gasteiger partial charge on any atom is -0.480 e. The lowest BCUT2D eigenvalue weighted by Crippen LogP contribution is -2.41. The summed E-state index contributed by atoms with van der Waals surface area (Å²) in [6, 6.07) is -1.000. The van der Waals surface area contributed by atoms with E-state index in [0.717, 1.165) is 12.2 Å². The van der Waals surface area contributed by atoms with Crippen LogP contribution in [-0.4, -0.2) is 60.4 Å². The first-order chi connectivity index (χ1) is 9.96. The van der Waals surface area contributed by atoms with Crippen LogP contribution in [0.4, 0.5) is 0 Å². The lowest BCUT2D eigenvalue weighted by atomic mass is 10.2. The Morgan fingerprint density at radius 3 is 1.73 bits per heavy atom. The van der Waals surface area contributed by atoms with Gasteiger partial charge in [0.05, 0.1) is 0 Å². The minimum atomic E-state index is -4.36. The number of thiol groups is 1. The van der Waals surface area contributed by atoms with Crippen molar-refractivity contribution in [2.45, 2.75) is 12.5 Å². The predicted octanol–water partition coefficient (Wildman–Crippen LogP) is 0.444. The Bertz CT molecular complexity index is 477. The quantitative estimate of drug-likeness (QED) is 0.236. The highest BCUT2D eigenvalue weighted by atomic mass is 32.1. The van der Waals surface area contributed by atoms with Crippen molar-refractivity contribution in [2.75, 3.05) is 18.8 Å². The van der Waals surface area contributed by atoms with E-state index in [-0.39, 0.29) is 25.3 Å². The van der Waals surface area contributed by atoms with Crippen LogP contribution in [0.25, 0.3) is 0 Å². The molecule has 22 heavy (non-hydrogen) atoms. The van der Waals surface area contributed by atoms with Gasteiger partial charge in [0, 0.05) is 24.7 Å². The van der Waals surface area contributed by atoms with Gasteiger partial charge in [-0.15, -0.1) is 0 Å². The molecule has 0 aromatic rings. The zero-order valence-corrected chi connectivity index (χ0v) is 14.1. The molecule has 128 valence electrons. The molecule has 0 aliphatic rings. The van der Waals surface area contributed by atoms with E-state index in [1.807, 2.05) is 0 Å². The van der Waals surface area contributed by atoms with E-state index in [2.05, 4.69) is 12.6 Å². The molecule has 0 unspecified atom stereocenters. The largest absolute Gasteiger partial charge is 0.480 e. The Balaban J connectivity index is 5.07. The number of carboxylic acids is 1. The van der Waals surface area contributed by atoms with E-state index >= 15 is 0 Å². The van der Waals surface area contributed by atoms with Crippen LogP contribution in [0.2, 0.25) is 0 Å². The molecule has 0 saturated heterocycles. The topological polar surface area (TPSA) is 156 Å². The van der Waals surface area contributed by atoms with E-state index in [1.165, 1.54) is 4.90 Å². The second-order valence-corrected chi connectivity index (χ2v) is 7.67. The molecule has 0 aliphatic heterocycles. The Morgan fingerprint density at radius 1 is 1.05 bits per heavy atom. The third-order valence-electron chi connectivity index (χ3n) is 2.41. The molecule has 0 bridgehead atoms. The Labute approximate surface area is 133 Å². The number of hydrogen-bond acceptors (Lipinski definition) is 5. The van der Waals surface area contributed by atoms with E-state index in [9.17, 15) is 13.9 Å². The molecule has 0 saturated carbocycles. The molecule has 0 aromatic heterocycles. The molecule has 0 amide bonds. The van der Waals surface area contributed by atoms with Gasteiger partial charge in [-0.05, 0) is 12.2 Å². The molecule has 0 aromatic carbocycles. The average Bonchev–Trinajstić information content (AvgIpc) is 2.31. The number of carbonyl (C=O) groups is 1. The third kappa shape index (κ3) is 11.2. The zero-order valence-electron chi connectivity index (χ0n) is 11.5. The molecule has 0 radical (unpaired) electrons. The predicted molar refractivity (Wildman–Crippen MR) is 83.8 cm³/mol. The van der Waals surface area contributed by atoms with Crippen molar-refractivity contribution >= 4 is 33.8 Å². The van der Waals surface area contributed by atoms with Crippen molar-refractivity contribution in [3.63, 3.8) is 0 Å². The highest BCUT2D eigenvalue weighted by Gasteiger charge is 2.23. The van der Waals surface area contributed by atoms with Crippen molar-refractivity contribution in [3.05, 3.63) is 23.8 Å². The first-order valence-electron chi connectivity index (χ1n) is 6.00. The summed E-state index contributed by atoms with van der Waals surface area (Å²) in [5.41, 5.74) is 0. The summed E-state index contributed by atoms with van der Waals surface area (Å²) in [6.45, 7) is -0.220. The number of rotatable bonds is 10. The van der Waals surface area contributed by atoms with Gasteiger partial charge >= 0.3 is 21.2 Å². The van der Waals surface area contributed by atoms with Gasteiger partial charge < -0.3 is 24.7 Å². The molecule has 0 rings (SSSR count). The highest BCUT2D eigenvalue weighted by Crippen LogP contribution is 2.36. The lowest BCUT2D eigenvalue weighted by molar-refractivity contribution is -0.142. The van der Waals surface area contributed by atoms with Crippen LogP contribution in [0.1, 0.15) is 6.42 Å². The molecule has 0 heterocycles. The second-order valence-electron chi connectivity index (χ2n) is 4.27. The molecule has 5 N–H and O–H groups in total. The fourth-order valence-electron chi connectivity index (χ4n) is 1.55. The van der Waals surface area contributed by atoms with Crippen LogP contribution in [0.5, 0.6) is 0 Å². The first-order valence-corrected chi connectivity index (χ1v) is 9.99. The maximum absolute atomic E-state index is 11.2. The van der Waals surface area contributed by atoms with Gasteiger partial charge in [0.15, 0.2) is 0 Å². The number of aliphatic carboxylic acids is 1.